The van der Waals surface area contributed by atoms with E-state index in [-0.39, 0.29) is 5.91 Å². The quantitative estimate of drug-likeness (QED) is 0.363. The number of benzene rings is 2. The molecule has 1 amide bonds. The van der Waals surface area contributed by atoms with Crippen LogP contribution >= 0.6 is 0 Å². The van der Waals surface area contributed by atoms with Crippen LogP contribution in [-0.4, -0.2) is 83.1 Å². The normalized spacial score (nSPS) is 10.7. The summed E-state index contributed by atoms with van der Waals surface area (Å²) in [7, 11) is 6.23. The number of pyridine rings is 1. The van der Waals surface area contributed by atoms with Crippen molar-refractivity contribution >= 4 is 22.8 Å². The number of carbonyl (C=O) groups excluding carboxylic acids is 2. The molecule has 0 aliphatic carbocycles. The highest BCUT2D eigenvalue weighted by Crippen LogP contribution is 2.33. The van der Waals surface area contributed by atoms with Gasteiger partial charge in [0.05, 0.1) is 44.2 Å². The summed E-state index contributed by atoms with van der Waals surface area (Å²) in [5, 5.41) is 0.629. The number of fused-ring (bicyclic) bond motifs is 1. The molecule has 35 heavy (non-hydrogen) atoms. The lowest BCUT2D eigenvalue weighted by Gasteiger charge is -2.22. The predicted molar refractivity (Wildman–Crippen MR) is 131 cm³/mol. The van der Waals surface area contributed by atoms with E-state index in [2.05, 4.69) is 0 Å². The Hall–Kier alpha value is -3.69. The molecule has 3 rings (SSSR count). The first kappa shape index (κ1) is 25.9. The first-order chi connectivity index (χ1) is 17.0. The third kappa shape index (κ3) is 6.46. The molecule has 1 heterocycles. The van der Waals surface area contributed by atoms with E-state index in [9.17, 15) is 9.59 Å². The number of aromatic nitrogens is 1. The van der Waals surface area contributed by atoms with Crippen LogP contribution in [0.3, 0.4) is 0 Å². The van der Waals surface area contributed by atoms with Crippen LogP contribution in [0, 0.1) is 0 Å². The van der Waals surface area contributed by atoms with Gasteiger partial charge in [-0.2, -0.15) is 0 Å². The van der Waals surface area contributed by atoms with Gasteiger partial charge < -0.3 is 28.6 Å². The average molecular weight is 483 g/mol. The summed E-state index contributed by atoms with van der Waals surface area (Å²) in [5.74, 6) is 0.187. The number of esters is 1. The third-order valence-electron chi connectivity index (χ3n) is 5.43. The second kappa shape index (κ2) is 12.7. The van der Waals surface area contributed by atoms with Crippen LogP contribution in [0.4, 0.5) is 0 Å². The number of ether oxygens (including phenoxy) is 5. The SMILES string of the molecule is COCCN(CCOC)C(=O)COC(=O)c1cc(-c2ccc(OC)c(OC)c2)nc2ccccc12. The van der Waals surface area contributed by atoms with Crippen molar-refractivity contribution in [3.05, 3.63) is 54.1 Å². The fraction of sp³-hybridized carbons (Fsp3) is 0.346. The van der Waals surface area contributed by atoms with E-state index in [1.807, 2.05) is 24.3 Å². The summed E-state index contributed by atoms with van der Waals surface area (Å²) < 4.78 is 26.3. The topological polar surface area (TPSA) is 96.4 Å². The lowest BCUT2D eigenvalue weighted by molar-refractivity contribution is -0.135. The molecule has 186 valence electrons. The van der Waals surface area contributed by atoms with Gasteiger partial charge >= 0.3 is 5.97 Å². The molecule has 0 bridgehead atoms. The largest absolute Gasteiger partial charge is 0.493 e. The number of hydrogen-bond donors (Lipinski definition) is 0. The van der Waals surface area contributed by atoms with Crippen molar-refractivity contribution in [1.29, 1.82) is 0 Å². The molecular weight excluding hydrogens is 452 g/mol. The molecule has 9 heteroatoms. The molecule has 0 unspecified atom stereocenters. The molecule has 0 radical (unpaired) electrons. The Labute approximate surface area is 204 Å². The zero-order chi connectivity index (χ0) is 25.2. The molecule has 0 saturated heterocycles. The molecule has 0 aliphatic heterocycles. The minimum absolute atomic E-state index is 0.313. The number of para-hydroxylation sites is 1. The fourth-order valence-electron chi connectivity index (χ4n) is 3.55. The van der Waals surface area contributed by atoms with Gasteiger partial charge in [0.25, 0.3) is 5.91 Å². The van der Waals surface area contributed by atoms with E-state index >= 15 is 0 Å². The number of methoxy groups -OCH3 is 4. The van der Waals surface area contributed by atoms with Gasteiger partial charge in [-0.15, -0.1) is 0 Å². The van der Waals surface area contributed by atoms with Crippen molar-refractivity contribution in [3.63, 3.8) is 0 Å². The summed E-state index contributed by atoms with van der Waals surface area (Å²) >= 11 is 0. The fourth-order valence-corrected chi connectivity index (χ4v) is 3.55. The monoisotopic (exact) mass is 482 g/mol. The Morgan fingerprint density at radius 1 is 0.857 bits per heavy atom. The van der Waals surface area contributed by atoms with Crippen LogP contribution in [-0.2, 0) is 19.0 Å². The Kier molecular flexibility index (Phi) is 9.39. The van der Waals surface area contributed by atoms with E-state index in [4.69, 9.17) is 28.7 Å². The standard InChI is InChI=1S/C26H30N2O7/c1-31-13-11-28(12-14-32-2)25(29)17-35-26(30)20-16-22(27-21-8-6-5-7-19(20)21)18-9-10-23(33-3)24(15-18)34-4/h5-10,15-16H,11-14,17H2,1-4H3. The molecule has 1 aromatic heterocycles. The summed E-state index contributed by atoms with van der Waals surface area (Å²) in [6, 6.07) is 14.3. The van der Waals surface area contributed by atoms with E-state index < -0.39 is 12.6 Å². The minimum Gasteiger partial charge on any atom is -0.493 e. The number of hydrogen-bond acceptors (Lipinski definition) is 8. The van der Waals surface area contributed by atoms with Gasteiger partial charge in [0.15, 0.2) is 18.1 Å². The molecule has 9 nitrogen and oxygen atoms in total. The van der Waals surface area contributed by atoms with Gasteiger partial charge in [0.1, 0.15) is 0 Å². The molecule has 0 saturated carbocycles. The van der Waals surface area contributed by atoms with E-state index in [0.29, 0.717) is 60.0 Å². The first-order valence-electron chi connectivity index (χ1n) is 11.1. The predicted octanol–water partition coefficient (Wildman–Crippen LogP) is 3.20. The smallest absolute Gasteiger partial charge is 0.339 e. The van der Waals surface area contributed by atoms with E-state index in [1.54, 1.807) is 57.6 Å². The molecule has 0 atom stereocenters. The molecule has 0 fully saturated rings. The Morgan fingerprint density at radius 3 is 2.20 bits per heavy atom. The van der Waals surface area contributed by atoms with Crippen molar-refractivity contribution in [2.75, 3.05) is 61.3 Å². The van der Waals surface area contributed by atoms with Crippen molar-refractivity contribution in [3.8, 4) is 22.8 Å². The van der Waals surface area contributed by atoms with Crippen LogP contribution in [0.1, 0.15) is 10.4 Å². The zero-order valence-corrected chi connectivity index (χ0v) is 20.4. The second-order valence-electron chi connectivity index (χ2n) is 7.58. The zero-order valence-electron chi connectivity index (χ0n) is 20.4. The molecular formula is C26H30N2O7. The van der Waals surface area contributed by atoms with Gasteiger partial charge in [-0.1, -0.05) is 18.2 Å². The summed E-state index contributed by atoms with van der Waals surface area (Å²) in [5.41, 5.74) is 2.24. The number of amides is 1. The highest BCUT2D eigenvalue weighted by atomic mass is 16.5. The molecule has 0 N–H and O–H groups in total. The van der Waals surface area contributed by atoms with Crippen molar-refractivity contribution in [1.82, 2.24) is 9.88 Å². The van der Waals surface area contributed by atoms with Crippen LogP contribution < -0.4 is 9.47 Å². The highest BCUT2D eigenvalue weighted by molar-refractivity contribution is 6.05. The van der Waals surface area contributed by atoms with Crippen molar-refractivity contribution < 1.29 is 33.3 Å². The Morgan fingerprint density at radius 2 is 1.54 bits per heavy atom. The number of carbonyl (C=O) groups is 2. The molecule has 3 aromatic rings. The average Bonchev–Trinajstić information content (AvgIpc) is 2.90. The first-order valence-corrected chi connectivity index (χ1v) is 11.1. The maximum absolute atomic E-state index is 13.1. The van der Waals surface area contributed by atoms with Gasteiger partial charge in [-0.3, -0.25) is 4.79 Å². The van der Waals surface area contributed by atoms with E-state index in [0.717, 1.165) is 5.56 Å². The summed E-state index contributed by atoms with van der Waals surface area (Å²) in [6.07, 6.45) is 0. The van der Waals surface area contributed by atoms with Crippen LogP contribution in [0.15, 0.2) is 48.5 Å². The second-order valence-corrected chi connectivity index (χ2v) is 7.58. The number of rotatable bonds is 12. The van der Waals surface area contributed by atoms with Crippen LogP contribution in [0.2, 0.25) is 0 Å². The highest BCUT2D eigenvalue weighted by Gasteiger charge is 2.20. The number of nitrogens with zero attached hydrogens (tertiary/aromatic N) is 2. The van der Waals surface area contributed by atoms with Crippen molar-refractivity contribution in [2.24, 2.45) is 0 Å². The minimum atomic E-state index is -0.614. The maximum atomic E-state index is 13.1. The molecule has 2 aromatic carbocycles. The Balaban J connectivity index is 1.87. The molecule has 0 spiro atoms. The molecule has 0 aliphatic rings. The lowest BCUT2D eigenvalue weighted by Crippen LogP contribution is -2.39. The van der Waals surface area contributed by atoms with Gasteiger partial charge in [-0.25, -0.2) is 9.78 Å². The van der Waals surface area contributed by atoms with Gasteiger partial charge in [0.2, 0.25) is 0 Å². The summed E-state index contributed by atoms with van der Waals surface area (Å²) in [6.45, 7) is 1.09. The van der Waals surface area contributed by atoms with E-state index in [1.165, 1.54) is 0 Å². The van der Waals surface area contributed by atoms with Gasteiger partial charge in [0, 0.05) is 38.3 Å². The third-order valence-corrected chi connectivity index (χ3v) is 5.43. The summed E-state index contributed by atoms with van der Waals surface area (Å²) in [4.78, 5) is 32.0. The maximum Gasteiger partial charge on any atom is 0.339 e. The lowest BCUT2D eigenvalue weighted by atomic mass is 10.0. The Bertz CT molecular complexity index is 1160. The van der Waals surface area contributed by atoms with Gasteiger partial charge in [-0.05, 0) is 30.3 Å². The van der Waals surface area contributed by atoms with Crippen LogP contribution in [0.25, 0.3) is 22.2 Å². The van der Waals surface area contributed by atoms with Crippen LogP contribution in [0.5, 0.6) is 11.5 Å². The van der Waals surface area contributed by atoms with Crippen molar-refractivity contribution in [2.45, 2.75) is 0 Å².